The molecule has 3 rings (SSSR count). The summed E-state index contributed by atoms with van der Waals surface area (Å²) < 4.78 is 11.5. The number of rotatable bonds is 5. The lowest BCUT2D eigenvalue weighted by atomic mass is 9.97. The fourth-order valence-electron chi connectivity index (χ4n) is 3.30. The molecule has 1 aliphatic rings. The molecule has 1 unspecified atom stereocenters. The van der Waals surface area contributed by atoms with Gasteiger partial charge in [0.1, 0.15) is 11.9 Å². The van der Waals surface area contributed by atoms with Crippen LogP contribution in [0.25, 0.3) is 0 Å². The van der Waals surface area contributed by atoms with Crippen molar-refractivity contribution in [2.24, 2.45) is 0 Å². The Hall–Kier alpha value is -2.33. The van der Waals surface area contributed by atoms with E-state index < -0.39 is 0 Å². The van der Waals surface area contributed by atoms with Gasteiger partial charge < -0.3 is 14.4 Å². The van der Waals surface area contributed by atoms with Crippen LogP contribution in [-0.2, 0) is 16.0 Å². The van der Waals surface area contributed by atoms with Gasteiger partial charge in [-0.3, -0.25) is 4.79 Å². The zero-order chi connectivity index (χ0) is 18.6. The maximum Gasteiger partial charge on any atom is 0.227 e. The number of ether oxygens (including phenoxy) is 2. The van der Waals surface area contributed by atoms with Crippen molar-refractivity contribution in [3.8, 4) is 5.75 Å². The molecule has 0 saturated carbocycles. The maximum absolute atomic E-state index is 13.0. The molecule has 1 aliphatic heterocycles. The molecule has 26 heavy (non-hydrogen) atoms. The summed E-state index contributed by atoms with van der Waals surface area (Å²) in [5, 5.41) is 0. The molecule has 4 nitrogen and oxygen atoms in total. The molecule has 1 fully saturated rings. The first-order chi connectivity index (χ1) is 12.5. The van der Waals surface area contributed by atoms with Crippen LogP contribution in [-0.4, -0.2) is 36.1 Å². The van der Waals surface area contributed by atoms with Gasteiger partial charge in [-0.1, -0.05) is 42.5 Å². The van der Waals surface area contributed by atoms with Crippen molar-refractivity contribution in [3.05, 3.63) is 65.7 Å². The van der Waals surface area contributed by atoms with E-state index in [9.17, 15) is 4.79 Å². The third kappa shape index (κ3) is 4.25. The Bertz CT molecular complexity index is 725. The molecule has 1 heterocycles. The van der Waals surface area contributed by atoms with Crippen molar-refractivity contribution < 1.29 is 14.3 Å². The van der Waals surface area contributed by atoms with Crippen LogP contribution in [0.4, 0.5) is 0 Å². The van der Waals surface area contributed by atoms with Crippen LogP contribution in [0.3, 0.4) is 0 Å². The first kappa shape index (κ1) is 18.5. The monoisotopic (exact) mass is 353 g/mol. The first-order valence-corrected chi connectivity index (χ1v) is 9.18. The summed E-state index contributed by atoms with van der Waals surface area (Å²) in [5.41, 5.74) is 1.80. The molecule has 2 aromatic carbocycles. The van der Waals surface area contributed by atoms with Crippen LogP contribution in [0, 0.1) is 0 Å². The topological polar surface area (TPSA) is 38.8 Å². The third-order valence-electron chi connectivity index (χ3n) is 4.78. The molecule has 4 heteroatoms. The summed E-state index contributed by atoms with van der Waals surface area (Å²) in [6.07, 6.45) is 0.311. The van der Waals surface area contributed by atoms with E-state index in [4.69, 9.17) is 9.47 Å². The van der Waals surface area contributed by atoms with Crippen molar-refractivity contribution in [2.45, 2.75) is 38.8 Å². The van der Waals surface area contributed by atoms with Gasteiger partial charge in [-0.15, -0.1) is 0 Å². The molecular formula is C22H27NO3. The van der Waals surface area contributed by atoms with Gasteiger partial charge in [0.2, 0.25) is 5.91 Å². The number of hydrogen-bond acceptors (Lipinski definition) is 3. The highest BCUT2D eigenvalue weighted by atomic mass is 16.5. The second-order valence-electron chi connectivity index (χ2n) is 7.28. The molecule has 0 N–H and O–H groups in total. The second-order valence-corrected chi connectivity index (χ2v) is 7.28. The Balaban J connectivity index is 1.71. The average Bonchev–Trinajstić information content (AvgIpc) is 2.64. The summed E-state index contributed by atoms with van der Waals surface area (Å²) in [4.78, 5) is 15.0. The van der Waals surface area contributed by atoms with Gasteiger partial charge in [0, 0.05) is 0 Å². The van der Waals surface area contributed by atoms with Crippen LogP contribution in [0.1, 0.15) is 38.0 Å². The fourth-order valence-corrected chi connectivity index (χ4v) is 3.30. The Morgan fingerprint density at radius 3 is 2.50 bits per heavy atom. The average molecular weight is 353 g/mol. The zero-order valence-corrected chi connectivity index (χ0v) is 15.8. The summed E-state index contributed by atoms with van der Waals surface area (Å²) >= 11 is 0. The minimum atomic E-state index is -0.312. The number of nitrogens with zero attached hydrogens (tertiary/aromatic N) is 1. The molecule has 0 aliphatic carbocycles. The highest BCUT2D eigenvalue weighted by molar-refractivity contribution is 5.79. The number of benzene rings is 2. The standard InChI is InChI=1S/C22H27NO3/c1-4-25-19-12-10-17(11-13-19)14-21(24)23-15-20(26-16-22(23,2)3)18-8-6-5-7-9-18/h5-13,20H,4,14-16H2,1-3H3. The van der Waals surface area contributed by atoms with Crippen LogP contribution >= 0.6 is 0 Å². The maximum atomic E-state index is 13.0. The number of carbonyl (C=O) groups is 1. The molecule has 0 aromatic heterocycles. The SMILES string of the molecule is CCOc1ccc(CC(=O)N2CC(c3ccccc3)OCC2(C)C)cc1. The predicted octanol–water partition coefficient (Wildman–Crippen LogP) is 4.01. The van der Waals surface area contributed by atoms with Gasteiger partial charge in [-0.2, -0.15) is 0 Å². The van der Waals surface area contributed by atoms with Gasteiger partial charge in [0.05, 0.1) is 31.7 Å². The molecule has 0 radical (unpaired) electrons. The van der Waals surface area contributed by atoms with Crippen LogP contribution in [0.15, 0.2) is 54.6 Å². The lowest BCUT2D eigenvalue weighted by molar-refractivity contribution is -0.154. The van der Waals surface area contributed by atoms with Crippen molar-refractivity contribution in [1.29, 1.82) is 0 Å². The minimum Gasteiger partial charge on any atom is -0.494 e. The van der Waals surface area contributed by atoms with Crippen molar-refractivity contribution in [1.82, 2.24) is 4.90 Å². The summed E-state index contributed by atoms with van der Waals surface area (Å²) in [6, 6.07) is 17.9. The van der Waals surface area contributed by atoms with Crippen molar-refractivity contribution in [3.63, 3.8) is 0 Å². The van der Waals surface area contributed by atoms with E-state index in [2.05, 4.69) is 26.0 Å². The normalized spacial score (nSPS) is 19.2. The Morgan fingerprint density at radius 1 is 1.15 bits per heavy atom. The molecular weight excluding hydrogens is 326 g/mol. The largest absolute Gasteiger partial charge is 0.494 e. The highest BCUT2D eigenvalue weighted by Crippen LogP contribution is 2.30. The fraction of sp³-hybridized carbons (Fsp3) is 0.409. The second kappa shape index (κ2) is 7.92. The molecule has 0 spiro atoms. The zero-order valence-electron chi connectivity index (χ0n) is 15.8. The van der Waals surface area contributed by atoms with Crippen LogP contribution in [0.2, 0.25) is 0 Å². The van der Waals surface area contributed by atoms with E-state index in [0.717, 1.165) is 16.9 Å². The molecule has 138 valence electrons. The van der Waals surface area contributed by atoms with E-state index in [0.29, 0.717) is 26.2 Å². The van der Waals surface area contributed by atoms with E-state index in [1.54, 1.807) is 0 Å². The first-order valence-electron chi connectivity index (χ1n) is 9.18. The van der Waals surface area contributed by atoms with E-state index >= 15 is 0 Å². The smallest absolute Gasteiger partial charge is 0.227 e. The molecule has 1 saturated heterocycles. The van der Waals surface area contributed by atoms with Crippen LogP contribution < -0.4 is 4.74 Å². The van der Waals surface area contributed by atoms with E-state index in [1.165, 1.54) is 0 Å². The Kier molecular flexibility index (Phi) is 5.62. The van der Waals surface area contributed by atoms with Crippen LogP contribution in [0.5, 0.6) is 5.75 Å². The lowest BCUT2D eigenvalue weighted by Crippen LogP contribution is -2.56. The van der Waals surface area contributed by atoms with E-state index in [1.807, 2.05) is 54.3 Å². The van der Waals surface area contributed by atoms with E-state index in [-0.39, 0.29) is 17.6 Å². The summed E-state index contributed by atoms with van der Waals surface area (Å²) in [5.74, 6) is 0.961. The van der Waals surface area contributed by atoms with Gasteiger partial charge in [0.15, 0.2) is 0 Å². The van der Waals surface area contributed by atoms with Gasteiger partial charge >= 0.3 is 0 Å². The Labute approximate surface area is 155 Å². The van der Waals surface area contributed by atoms with Gasteiger partial charge in [-0.25, -0.2) is 0 Å². The minimum absolute atomic E-state index is 0.0755. The molecule has 1 amide bonds. The van der Waals surface area contributed by atoms with Crippen molar-refractivity contribution >= 4 is 5.91 Å². The number of amides is 1. The molecule has 0 bridgehead atoms. The quantitative estimate of drug-likeness (QED) is 0.815. The molecule has 1 atom stereocenters. The van der Waals surface area contributed by atoms with Gasteiger partial charge in [-0.05, 0) is 44.0 Å². The Morgan fingerprint density at radius 2 is 1.85 bits per heavy atom. The predicted molar refractivity (Wildman–Crippen MR) is 102 cm³/mol. The summed E-state index contributed by atoms with van der Waals surface area (Å²) in [6.45, 7) is 7.82. The number of carbonyl (C=O) groups excluding carboxylic acids is 1. The number of morpholine rings is 1. The lowest BCUT2D eigenvalue weighted by Gasteiger charge is -2.45. The third-order valence-corrected chi connectivity index (χ3v) is 4.78. The van der Waals surface area contributed by atoms with Crippen molar-refractivity contribution in [2.75, 3.05) is 19.8 Å². The molecule has 2 aromatic rings. The van der Waals surface area contributed by atoms with Gasteiger partial charge in [0.25, 0.3) is 0 Å². The highest BCUT2D eigenvalue weighted by Gasteiger charge is 2.38. The number of hydrogen-bond donors (Lipinski definition) is 0. The summed E-state index contributed by atoms with van der Waals surface area (Å²) in [7, 11) is 0.